The van der Waals surface area contributed by atoms with Gasteiger partial charge in [0, 0.05) is 25.0 Å². The van der Waals surface area contributed by atoms with E-state index in [1.54, 1.807) is 11.8 Å². The minimum atomic E-state index is -0.924. The zero-order valence-electron chi connectivity index (χ0n) is 12.6. The number of aliphatic hydroxyl groups excluding tert-OH is 1. The molecular weight excluding hydrogens is 286 g/mol. The number of rotatable bonds is 6. The maximum atomic E-state index is 11.9. The summed E-state index contributed by atoms with van der Waals surface area (Å²) in [6, 6.07) is 0. The first kappa shape index (κ1) is 16.3. The molecule has 1 aromatic heterocycles. The number of aromatic nitrogens is 1. The van der Waals surface area contributed by atoms with Crippen molar-refractivity contribution < 1.29 is 9.90 Å². The Hall–Kier alpha value is -1.11. The Morgan fingerprint density at radius 2 is 2.43 bits per heavy atom. The number of amides is 1. The highest BCUT2D eigenvalue weighted by molar-refractivity contribution is 7.98. The van der Waals surface area contributed by atoms with Gasteiger partial charge in [0.05, 0.1) is 0 Å². The van der Waals surface area contributed by atoms with Crippen molar-refractivity contribution in [3.05, 3.63) is 28.6 Å². The van der Waals surface area contributed by atoms with Crippen molar-refractivity contribution in [2.75, 3.05) is 18.6 Å². The molecule has 0 bridgehead atoms. The second-order valence-electron chi connectivity index (χ2n) is 5.27. The van der Waals surface area contributed by atoms with Gasteiger partial charge in [0.25, 0.3) is 0 Å². The molecular formula is C15H23N3O2S. The average Bonchev–Trinajstić information content (AvgIpc) is 2.51. The molecule has 0 aromatic carbocycles. The highest BCUT2D eigenvalue weighted by atomic mass is 32.2. The van der Waals surface area contributed by atoms with Crippen LogP contribution in [0.4, 0.5) is 0 Å². The molecule has 0 saturated carbocycles. The number of carbonyl (C=O) groups excluding carboxylic acids is 1. The third kappa shape index (κ3) is 4.18. The van der Waals surface area contributed by atoms with Gasteiger partial charge in [-0.2, -0.15) is 11.8 Å². The SMILES string of the molecule is CSCCC(O)C(=O)NCc1c(C)ncc2c1CCNC2. The van der Waals surface area contributed by atoms with Crippen LogP contribution in [0.15, 0.2) is 6.20 Å². The van der Waals surface area contributed by atoms with Crippen LogP contribution in [0.3, 0.4) is 0 Å². The molecule has 1 unspecified atom stereocenters. The number of fused-ring (bicyclic) bond motifs is 1. The van der Waals surface area contributed by atoms with Crippen LogP contribution in [0.25, 0.3) is 0 Å². The van der Waals surface area contributed by atoms with Gasteiger partial charge in [-0.1, -0.05) is 0 Å². The van der Waals surface area contributed by atoms with Crippen LogP contribution in [0.5, 0.6) is 0 Å². The van der Waals surface area contributed by atoms with Gasteiger partial charge in [0.1, 0.15) is 6.10 Å². The van der Waals surface area contributed by atoms with Gasteiger partial charge in [-0.3, -0.25) is 9.78 Å². The van der Waals surface area contributed by atoms with Gasteiger partial charge in [-0.15, -0.1) is 0 Å². The number of nitrogens with one attached hydrogen (secondary N) is 2. The minimum absolute atomic E-state index is 0.296. The standard InChI is InChI=1S/C15H23N3O2S/c1-10-13(9-18-15(20)14(19)4-6-21-2)12-3-5-16-7-11(12)8-17-10/h8,14,16,19H,3-7,9H2,1-2H3,(H,18,20). The molecule has 0 spiro atoms. The van der Waals surface area contributed by atoms with E-state index in [1.807, 2.05) is 19.4 Å². The number of hydrogen-bond donors (Lipinski definition) is 3. The predicted molar refractivity (Wildman–Crippen MR) is 85.2 cm³/mol. The van der Waals surface area contributed by atoms with Crippen molar-refractivity contribution in [2.24, 2.45) is 0 Å². The zero-order chi connectivity index (χ0) is 15.2. The monoisotopic (exact) mass is 309 g/mol. The van der Waals surface area contributed by atoms with Crippen LogP contribution < -0.4 is 10.6 Å². The second kappa shape index (κ2) is 7.77. The molecule has 0 fully saturated rings. The molecule has 1 atom stereocenters. The fourth-order valence-corrected chi connectivity index (χ4v) is 2.99. The van der Waals surface area contributed by atoms with Crippen molar-refractivity contribution in [3.8, 4) is 0 Å². The normalized spacial score (nSPS) is 15.4. The molecule has 0 radical (unpaired) electrons. The minimum Gasteiger partial charge on any atom is -0.383 e. The molecule has 3 N–H and O–H groups in total. The molecule has 1 aliphatic rings. The lowest BCUT2D eigenvalue weighted by Gasteiger charge is -2.22. The molecule has 0 saturated heterocycles. The van der Waals surface area contributed by atoms with Crippen LogP contribution in [0, 0.1) is 6.92 Å². The molecule has 21 heavy (non-hydrogen) atoms. The molecule has 6 heteroatoms. The largest absolute Gasteiger partial charge is 0.383 e. The van der Waals surface area contributed by atoms with E-state index in [0.29, 0.717) is 13.0 Å². The number of carbonyl (C=O) groups is 1. The van der Waals surface area contributed by atoms with E-state index in [-0.39, 0.29) is 5.91 Å². The van der Waals surface area contributed by atoms with E-state index in [2.05, 4.69) is 15.6 Å². The van der Waals surface area contributed by atoms with Crippen molar-refractivity contribution in [1.82, 2.24) is 15.6 Å². The van der Waals surface area contributed by atoms with Crippen molar-refractivity contribution >= 4 is 17.7 Å². The maximum Gasteiger partial charge on any atom is 0.249 e. The number of hydrogen-bond acceptors (Lipinski definition) is 5. The highest BCUT2D eigenvalue weighted by Gasteiger charge is 2.18. The van der Waals surface area contributed by atoms with Gasteiger partial charge in [-0.25, -0.2) is 0 Å². The van der Waals surface area contributed by atoms with Crippen LogP contribution in [0.2, 0.25) is 0 Å². The van der Waals surface area contributed by atoms with E-state index in [9.17, 15) is 9.90 Å². The Bertz CT molecular complexity index is 508. The number of pyridine rings is 1. The lowest BCUT2D eigenvalue weighted by Crippen LogP contribution is -2.35. The van der Waals surface area contributed by atoms with E-state index in [4.69, 9.17) is 0 Å². The summed E-state index contributed by atoms with van der Waals surface area (Å²) >= 11 is 1.63. The number of aliphatic hydroxyl groups is 1. The number of aryl methyl sites for hydroxylation is 1. The van der Waals surface area contributed by atoms with E-state index < -0.39 is 6.10 Å². The first-order valence-corrected chi connectivity index (χ1v) is 8.64. The Labute approximate surface area is 129 Å². The topological polar surface area (TPSA) is 74.2 Å². The van der Waals surface area contributed by atoms with E-state index >= 15 is 0 Å². The lowest BCUT2D eigenvalue weighted by molar-refractivity contribution is -0.129. The van der Waals surface area contributed by atoms with Crippen LogP contribution in [-0.2, 0) is 24.3 Å². The first-order valence-electron chi connectivity index (χ1n) is 7.25. The van der Waals surface area contributed by atoms with E-state index in [1.165, 1.54) is 11.1 Å². The highest BCUT2D eigenvalue weighted by Crippen LogP contribution is 2.20. The van der Waals surface area contributed by atoms with Gasteiger partial charge in [0.2, 0.25) is 5.91 Å². The van der Waals surface area contributed by atoms with Crippen molar-refractivity contribution in [1.29, 1.82) is 0 Å². The molecule has 1 aliphatic heterocycles. The van der Waals surface area contributed by atoms with E-state index in [0.717, 1.165) is 36.5 Å². The summed E-state index contributed by atoms with van der Waals surface area (Å²) in [5.41, 5.74) is 4.55. The lowest BCUT2D eigenvalue weighted by atomic mass is 9.96. The molecule has 5 nitrogen and oxygen atoms in total. The Balaban J connectivity index is 2.01. The summed E-state index contributed by atoms with van der Waals surface area (Å²) in [6.07, 6.45) is 4.39. The second-order valence-corrected chi connectivity index (χ2v) is 6.25. The molecule has 2 heterocycles. The molecule has 1 amide bonds. The predicted octanol–water partition coefficient (Wildman–Crippen LogP) is 0.766. The smallest absolute Gasteiger partial charge is 0.249 e. The first-order chi connectivity index (χ1) is 10.1. The summed E-state index contributed by atoms with van der Waals surface area (Å²) in [5.74, 6) is 0.483. The summed E-state index contributed by atoms with van der Waals surface area (Å²) < 4.78 is 0. The van der Waals surface area contributed by atoms with Crippen molar-refractivity contribution in [2.45, 2.75) is 39.0 Å². The van der Waals surface area contributed by atoms with Gasteiger partial charge < -0.3 is 15.7 Å². The molecule has 0 aliphatic carbocycles. The third-order valence-corrected chi connectivity index (χ3v) is 4.45. The quantitative estimate of drug-likeness (QED) is 0.724. The number of thioether (sulfide) groups is 1. The summed E-state index contributed by atoms with van der Waals surface area (Å²) in [4.78, 5) is 16.3. The number of nitrogens with zero attached hydrogens (tertiary/aromatic N) is 1. The third-order valence-electron chi connectivity index (χ3n) is 3.81. The Kier molecular flexibility index (Phi) is 6.02. The molecule has 1 aromatic rings. The summed E-state index contributed by atoms with van der Waals surface area (Å²) in [7, 11) is 0. The zero-order valence-corrected chi connectivity index (χ0v) is 13.4. The average molecular weight is 309 g/mol. The van der Waals surface area contributed by atoms with Crippen LogP contribution >= 0.6 is 11.8 Å². The fraction of sp³-hybridized carbons (Fsp3) is 0.600. The Morgan fingerprint density at radius 1 is 1.62 bits per heavy atom. The molecule has 2 rings (SSSR count). The van der Waals surface area contributed by atoms with Crippen LogP contribution in [-0.4, -0.2) is 40.7 Å². The summed E-state index contributed by atoms with van der Waals surface area (Å²) in [6.45, 7) is 4.19. The molecule has 116 valence electrons. The Morgan fingerprint density at radius 3 is 3.19 bits per heavy atom. The van der Waals surface area contributed by atoms with Crippen LogP contribution in [0.1, 0.15) is 28.8 Å². The summed E-state index contributed by atoms with van der Waals surface area (Å²) in [5, 5.41) is 15.9. The van der Waals surface area contributed by atoms with Gasteiger partial charge in [0.15, 0.2) is 0 Å². The van der Waals surface area contributed by atoms with Gasteiger partial charge in [-0.05, 0) is 55.0 Å². The fourth-order valence-electron chi connectivity index (χ4n) is 2.53. The maximum absolute atomic E-state index is 11.9. The van der Waals surface area contributed by atoms with Gasteiger partial charge >= 0.3 is 0 Å². The van der Waals surface area contributed by atoms with Crippen molar-refractivity contribution in [3.63, 3.8) is 0 Å².